The van der Waals surface area contributed by atoms with Gasteiger partial charge in [-0.3, -0.25) is 14.9 Å². The van der Waals surface area contributed by atoms with E-state index in [0.29, 0.717) is 0 Å². The number of carbonyl (C=O) groups is 1. The summed E-state index contributed by atoms with van der Waals surface area (Å²) in [5.41, 5.74) is -0.441. The molecule has 0 aromatic heterocycles. The molecule has 0 fully saturated rings. The van der Waals surface area contributed by atoms with Crippen molar-refractivity contribution in [2.75, 3.05) is 11.6 Å². The van der Waals surface area contributed by atoms with Crippen LogP contribution in [0.5, 0.6) is 0 Å². The fraction of sp³-hybridized carbons (Fsp3) is 0.300. The molecule has 0 aliphatic rings. The molecule has 0 radical (unpaired) electrons. The quantitative estimate of drug-likeness (QED) is 0.665. The molecular formula is C10H11FN2O3S. The highest BCUT2D eigenvalue weighted by atomic mass is 32.2. The summed E-state index contributed by atoms with van der Waals surface area (Å²) in [6.07, 6.45) is 1.74. The van der Waals surface area contributed by atoms with E-state index in [1.807, 2.05) is 0 Å². The molecule has 0 saturated heterocycles. The summed E-state index contributed by atoms with van der Waals surface area (Å²) in [5.74, 6) is -1.09. The van der Waals surface area contributed by atoms with E-state index in [2.05, 4.69) is 5.32 Å². The Balaban J connectivity index is 2.94. The molecule has 1 rings (SSSR count). The number of thioether (sulfide) groups is 1. The maximum Gasteiger partial charge on any atom is 0.271 e. The fourth-order valence-corrected chi connectivity index (χ4v) is 1.34. The first-order chi connectivity index (χ1) is 7.95. The summed E-state index contributed by atoms with van der Waals surface area (Å²) in [5, 5.41) is 12.5. The van der Waals surface area contributed by atoms with Crippen molar-refractivity contribution in [3.8, 4) is 0 Å². The fourth-order valence-electron chi connectivity index (χ4n) is 1.06. The lowest BCUT2D eigenvalue weighted by Crippen LogP contribution is -2.22. The van der Waals surface area contributed by atoms with Crippen LogP contribution >= 0.6 is 11.8 Å². The van der Waals surface area contributed by atoms with Crippen LogP contribution in [-0.2, 0) is 4.79 Å². The molecule has 17 heavy (non-hydrogen) atoms. The van der Waals surface area contributed by atoms with Gasteiger partial charge in [-0.05, 0) is 19.2 Å². The van der Waals surface area contributed by atoms with E-state index < -0.39 is 16.6 Å². The third-order valence-corrected chi connectivity index (χ3v) is 3.06. The third kappa shape index (κ3) is 3.42. The molecule has 0 bridgehead atoms. The monoisotopic (exact) mass is 258 g/mol. The molecule has 5 nitrogen and oxygen atoms in total. The van der Waals surface area contributed by atoms with Crippen molar-refractivity contribution in [2.45, 2.75) is 12.2 Å². The van der Waals surface area contributed by atoms with Crippen molar-refractivity contribution in [3.63, 3.8) is 0 Å². The number of amides is 1. The lowest BCUT2D eigenvalue weighted by molar-refractivity contribution is -0.384. The van der Waals surface area contributed by atoms with Gasteiger partial charge in [-0.25, -0.2) is 4.39 Å². The second kappa shape index (κ2) is 5.62. The number of benzene rings is 1. The van der Waals surface area contributed by atoms with E-state index in [1.165, 1.54) is 11.8 Å². The van der Waals surface area contributed by atoms with Crippen LogP contribution in [0.2, 0.25) is 0 Å². The van der Waals surface area contributed by atoms with Gasteiger partial charge < -0.3 is 5.32 Å². The van der Waals surface area contributed by atoms with Gasteiger partial charge in [0.05, 0.1) is 15.9 Å². The molecule has 0 saturated carbocycles. The van der Waals surface area contributed by atoms with E-state index in [4.69, 9.17) is 0 Å². The number of nitrogens with zero attached hydrogens (tertiary/aromatic N) is 1. The van der Waals surface area contributed by atoms with E-state index in [0.717, 1.165) is 18.2 Å². The predicted molar refractivity (Wildman–Crippen MR) is 64.7 cm³/mol. The molecule has 0 aliphatic heterocycles. The highest BCUT2D eigenvalue weighted by Crippen LogP contribution is 2.22. The Labute approximate surface area is 102 Å². The van der Waals surface area contributed by atoms with Gasteiger partial charge in [0.25, 0.3) is 5.69 Å². The predicted octanol–water partition coefficient (Wildman–Crippen LogP) is 2.42. The lowest BCUT2D eigenvalue weighted by atomic mass is 10.2. The molecule has 0 heterocycles. The number of halogens is 1. The van der Waals surface area contributed by atoms with Crippen LogP contribution in [0.1, 0.15) is 6.92 Å². The number of nitro groups is 1. The zero-order valence-electron chi connectivity index (χ0n) is 9.27. The van der Waals surface area contributed by atoms with Gasteiger partial charge in [-0.2, -0.15) is 11.8 Å². The van der Waals surface area contributed by atoms with E-state index in [9.17, 15) is 19.3 Å². The molecule has 0 spiro atoms. The van der Waals surface area contributed by atoms with Gasteiger partial charge in [0.1, 0.15) is 5.82 Å². The first-order valence-corrected chi connectivity index (χ1v) is 6.02. The largest absolute Gasteiger partial charge is 0.322 e. The van der Waals surface area contributed by atoms with E-state index in [-0.39, 0.29) is 16.6 Å². The second-order valence-corrected chi connectivity index (χ2v) is 4.47. The Morgan fingerprint density at radius 1 is 1.59 bits per heavy atom. The van der Waals surface area contributed by atoms with Crippen molar-refractivity contribution < 1.29 is 14.1 Å². The first-order valence-electron chi connectivity index (χ1n) is 4.73. The van der Waals surface area contributed by atoms with Gasteiger partial charge in [-0.1, -0.05) is 0 Å². The van der Waals surface area contributed by atoms with Crippen LogP contribution in [0.15, 0.2) is 18.2 Å². The molecule has 1 unspecified atom stereocenters. The molecular weight excluding hydrogens is 247 g/mol. The van der Waals surface area contributed by atoms with Crippen molar-refractivity contribution in [3.05, 3.63) is 34.1 Å². The van der Waals surface area contributed by atoms with Crippen molar-refractivity contribution in [1.29, 1.82) is 0 Å². The zero-order valence-corrected chi connectivity index (χ0v) is 10.1. The molecule has 1 aromatic carbocycles. The van der Waals surface area contributed by atoms with Crippen LogP contribution in [0.4, 0.5) is 15.8 Å². The highest BCUT2D eigenvalue weighted by molar-refractivity contribution is 7.99. The van der Waals surface area contributed by atoms with Gasteiger partial charge in [0, 0.05) is 12.1 Å². The van der Waals surface area contributed by atoms with Crippen LogP contribution in [0.25, 0.3) is 0 Å². The van der Waals surface area contributed by atoms with E-state index >= 15 is 0 Å². The van der Waals surface area contributed by atoms with Crippen molar-refractivity contribution in [2.24, 2.45) is 0 Å². The number of carbonyl (C=O) groups excluding carboxylic acids is 1. The average Bonchev–Trinajstić information content (AvgIpc) is 2.30. The minimum absolute atomic E-state index is 0.176. The Hall–Kier alpha value is -1.63. The molecule has 7 heteroatoms. The lowest BCUT2D eigenvalue weighted by Gasteiger charge is -2.10. The summed E-state index contributed by atoms with van der Waals surface area (Å²) in [4.78, 5) is 21.4. The standard InChI is InChI=1S/C10H11FN2O3S/c1-6(17-2)10(14)12-9-5-7(13(15)16)3-4-8(9)11/h3-6H,1-2H3,(H,12,14). The van der Waals surface area contributed by atoms with Gasteiger partial charge in [0.15, 0.2) is 0 Å². The second-order valence-electron chi connectivity index (χ2n) is 3.29. The summed E-state index contributed by atoms with van der Waals surface area (Å²) >= 11 is 1.30. The van der Waals surface area contributed by atoms with Gasteiger partial charge >= 0.3 is 0 Å². The van der Waals surface area contributed by atoms with Crippen LogP contribution < -0.4 is 5.32 Å². The van der Waals surface area contributed by atoms with Gasteiger partial charge in [-0.15, -0.1) is 0 Å². The van der Waals surface area contributed by atoms with Crippen molar-refractivity contribution >= 4 is 29.0 Å². The third-order valence-electron chi connectivity index (χ3n) is 2.14. The Bertz CT molecular complexity index is 453. The number of anilines is 1. The number of hydrogen-bond acceptors (Lipinski definition) is 4. The van der Waals surface area contributed by atoms with Crippen LogP contribution in [0, 0.1) is 15.9 Å². The minimum atomic E-state index is -0.697. The van der Waals surface area contributed by atoms with Crippen LogP contribution in [-0.4, -0.2) is 22.3 Å². The summed E-state index contributed by atoms with van der Waals surface area (Å²) < 4.78 is 13.3. The summed E-state index contributed by atoms with van der Waals surface area (Å²) in [7, 11) is 0. The Kier molecular flexibility index (Phi) is 4.45. The molecule has 1 atom stereocenters. The molecule has 1 aromatic rings. The number of nitro benzene ring substituents is 1. The topological polar surface area (TPSA) is 72.2 Å². The molecule has 1 N–H and O–H groups in total. The number of hydrogen-bond donors (Lipinski definition) is 1. The van der Waals surface area contributed by atoms with Gasteiger partial charge in [0.2, 0.25) is 5.91 Å². The van der Waals surface area contributed by atoms with Crippen LogP contribution in [0.3, 0.4) is 0 Å². The molecule has 1 amide bonds. The zero-order chi connectivity index (χ0) is 13.0. The number of non-ortho nitro benzene ring substituents is 1. The smallest absolute Gasteiger partial charge is 0.271 e. The maximum absolute atomic E-state index is 13.3. The first kappa shape index (κ1) is 13.4. The van der Waals surface area contributed by atoms with Crippen molar-refractivity contribution in [1.82, 2.24) is 0 Å². The number of rotatable bonds is 4. The van der Waals surface area contributed by atoms with E-state index in [1.54, 1.807) is 13.2 Å². The Morgan fingerprint density at radius 3 is 2.76 bits per heavy atom. The average molecular weight is 258 g/mol. The normalized spacial score (nSPS) is 11.9. The molecule has 92 valence electrons. The number of nitrogens with one attached hydrogen (secondary N) is 1. The SMILES string of the molecule is CSC(C)C(=O)Nc1cc([N+](=O)[O-])ccc1F. The summed E-state index contributed by atoms with van der Waals surface area (Å²) in [6, 6.07) is 3.00. The maximum atomic E-state index is 13.3. The minimum Gasteiger partial charge on any atom is -0.322 e. The highest BCUT2D eigenvalue weighted by Gasteiger charge is 2.16. The summed E-state index contributed by atoms with van der Waals surface area (Å²) in [6.45, 7) is 1.66. The molecule has 0 aliphatic carbocycles. The Morgan fingerprint density at radius 2 is 2.24 bits per heavy atom.